The minimum Gasteiger partial charge on any atom is -0.550 e. The molecule has 40 heavy (non-hydrogen) atoms. The van der Waals surface area contributed by atoms with Gasteiger partial charge in [-0.05, 0) is 31.2 Å². The number of aromatic amines is 1. The van der Waals surface area contributed by atoms with E-state index >= 15 is 0 Å². The zero-order valence-corrected chi connectivity index (χ0v) is 22.2. The van der Waals surface area contributed by atoms with Crippen LogP contribution in [-0.4, -0.2) is 56.8 Å². The standard InChI is InChI=1S/C26H26N8O2.C2H4O2/c1-36-21-13-16(6-7-19(21)32-26(35)20-12-15-4-2-3-5-18(15)31-20)23-22-24(27)29-14-30-25(22)34(33-23)17-8-10-28-11-9-17;1-2(3)4/h2-7,12-14,17,28,31H,8-11H2,1H3,(H,32,35)(H2,27,29,30);1H3,(H,3,4). The Kier molecular flexibility index (Phi) is 7.60. The number of aliphatic carboxylic acids is 1. The number of methoxy groups -OCH3 is 1. The average molecular weight is 543 g/mol. The quantitative estimate of drug-likeness (QED) is 0.258. The molecule has 0 saturated carbocycles. The SMILES string of the molecule is CC(=O)[O-].COc1cc(-c2nn(C3CC[NH2+]CC3)c3ncnc(N)c23)ccc1NC(=O)c1cc2ccccc2[nH]1. The van der Waals surface area contributed by atoms with E-state index in [2.05, 4.69) is 25.6 Å². The van der Waals surface area contributed by atoms with Crippen molar-refractivity contribution in [1.29, 1.82) is 0 Å². The molecule has 6 N–H and O–H groups in total. The van der Waals surface area contributed by atoms with Crippen molar-refractivity contribution in [2.24, 2.45) is 0 Å². The lowest BCUT2D eigenvalue weighted by Gasteiger charge is -2.21. The summed E-state index contributed by atoms with van der Waals surface area (Å²) in [5.74, 6) is -0.431. The number of nitrogens with two attached hydrogens (primary N) is 2. The molecule has 206 valence electrons. The number of rotatable bonds is 5. The smallest absolute Gasteiger partial charge is 0.272 e. The van der Waals surface area contributed by atoms with Crippen LogP contribution in [0.1, 0.15) is 36.3 Å². The third-order valence-electron chi connectivity index (χ3n) is 6.77. The van der Waals surface area contributed by atoms with E-state index < -0.39 is 5.97 Å². The number of hydrogen-bond donors (Lipinski definition) is 4. The summed E-state index contributed by atoms with van der Waals surface area (Å²) >= 11 is 0. The lowest BCUT2D eigenvalue weighted by atomic mass is 10.1. The number of carbonyl (C=O) groups excluding carboxylic acids is 2. The van der Waals surface area contributed by atoms with Crippen LogP contribution in [0, 0.1) is 0 Å². The zero-order valence-electron chi connectivity index (χ0n) is 22.2. The van der Waals surface area contributed by atoms with E-state index in [-0.39, 0.29) is 11.9 Å². The Labute approximate surface area is 229 Å². The molecule has 12 heteroatoms. The fourth-order valence-electron chi connectivity index (χ4n) is 4.93. The molecule has 0 aliphatic carbocycles. The van der Waals surface area contributed by atoms with Crippen LogP contribution in [0.2, 0.25) is 0 Å². The first-order valence-electron chi connectivity index (χ1n) is 12.9. The van der Waals surface area contributed by atoms with Gasteiger partial charge < -0.3 is 36.0 Å². The number of benzene rings is 2. The summed E-state index contributed by atoms with van der Waals surface area (Å²) in [6.45, 7) is 3.08. The van der Waals surface area contributed by atoms with Crippen molar-refractivity contribution in [3.63, 3.8) is 0 Å². The monoisotopic (exact) mass is 542 g/mol. The Morgan fingerprint density at radius 3 is 2.62 bits per heavy atom. The van der Waals surface area contributed by atoms with Gasteiger partial charge >= 0.3 is 0 Å². The number of carboxylic acids is 1. The summed E-state index contributed by atoms with van der Waals surface area (Å²) in [5, 5.41) is 20.8. The maximum Gasteiger partial charge on any atom is 0.272 e. The first kappa shape index (κ1) is 26.6. The number of amides is 1. The van der Waals surface area contributed by atoms with Crippen LogP contribution in [0.25, 0.3) is 33.2 Å². The molecule has 1 saturated heterocycles. The third kappa shape index (κ3) is 5.43. The maximum absolute atomic E-state index is 13.0. The van der Waals surface area contributed by atoms with E-state index in [1.165, 1.54) is 6.33 Å². The summed E-state index contributed by atoms with van der Waals surface area (Å²) in [6.07, 6.45) is 3.52. The number of fused-ring (bicyclic) bond motifs is 2. The molecular formula is C28H30N8O4. The highest BCUT2D eigenvalue weighted by atomic mass is 16.5. The number of nitrogen functional groups attached to an aromatic ring is 1. The summed E-state index contributed by atoms with van der Waals surface area (Å²) in [7, 11) is 1.57. The number of ether oxygens (including phenoxy) is 1. The van der Waals surface area contributed by atoms with Crippen LogP contribution < -0.4 is 26.2 Å². The summed E-state index contributed by atoms with van der Waals surface area (Å²) in [5.41, 5.74) is 10.5. The second-order valence-corrected chi connectivity index (χ2v) is 9.48. The third-order valence-corrected chi connectivity index (χ3v) is 6.77. The number of nitrogens with one attached hydrogen (secondary N) is 2. The highest BCUT2D eigenvalue weighted by molar-refractivity contribution is 6.07. The number of piperidine rings is 1. The first-order valence-corrected chi connectivity index (χ1v) is 12.9. The number of para-hydroxylation sites is 1. The lowest BCUT2D eigenvalue weighted by Crippen LogP contribution is -2.86. The number of hydrogen-bond acceptors (Lipinski definition) is 8. The van der Waals surface area contributed by atoms with Crippen LogP contribution in [0.5, 0.6) is 5.75 Å². The van der Waals surface area contributed by atoms with Gasteiger partial charge in [-0.25, -0.2) is 14.6 Å². The van der Waals surface area contributed by atoms with E-state index in [4.69, 9.17) is 25.5 Å². The topological polar surface area (TPSA) is 180 Å². The number of quaternary nitrogens is 1. The lowest BCUT2D eigenvalue weighted by molar-refractivity contribution is -0.664. The van der Waals surface area contributed by atoms with Crippen molar-refractivity contribution < 1.29 is 24.7 Å². The van der Waals surface area contributed by atoms with Crippen molar-refractivity contribution in [2.45, 2.75) is 25.8 Å². The van der Waals surface area contributed by atoms with Gasteiger partial charge in [0.15, 0.2) is 5.65 Å². The van der Waals surface area contributed by atoms with E-state index in [0.29, 0.717) is 28.6 Å². The summed E-state index contributed by atoms with van der Waals surface area (Å²) in [4.78, 5) is 33.7. The molecule has 0 spiro atoms. The van der Waals surface area contributed by atoms with Crippen molar-refractivity contribution in [3.8, 4) is 17.0 Å². The zero-order chi connectivity index (χ0) is 28.2. The molecule has 1 aliphatic rings. The second-order valence-electron chi connectivity index (χ2n) is 9.48. The Morgan fingerprint density at radius 1 is 1.15 bits per heavy atom. The van der Waals surface area contributed by atoms with Gasteiger partial charge in [0, 0.05) is 35.3 Å². The van der Waals surface area contributed by atoms with E-state index in [9.17, 15) is 4.79 Å². The fraction of sp³-hybridized carbons (Fsp3) is 0.250. The number of H-pyrrole nitrogens is 1. The van der Waals surface area contributed by atoms with Crippen molar-refractivity contribution in [2.75, 3.05) is 31.2 Å². The van der Waals surface area contributed by atoms with Gasteiger partial charge in [0.05, 0.1) is 37.3 Å². The Hall–Kier alpha value is -4.97. The van der Waals surface area contributed by atoms with Crippen molar-refractivity contribution in [3.05, 3.63) is 60.6 Å². The van der Waals surface area contributed by atoms with Gasteiger partial charge in [0.25, 0.3) is 5.91 Å². The van der Waals surface area contributed by atoms with Gasteiger partial charge in [-0.15, -0.1) is 0 Å². The second kappa shape index (κ2) is 11.4. The molecule has 12 nitrogen and oxygen atoms in total. The largest absolute Gasteiger partial charge is 0.550 e. The summed E-state index contributed by atoms with van der Waals surface area (Å²) in [6, 6.07) is 15.4. The number of carbonyl (C=O) groups is 2. The minimum absolute atomic E-state index is 0.251. The number of nitrogens with zero attached hydrogens (tertiary/aromatic N) is 4. The van der Waals surface area contributed by atoms with Crippen molar-refractivity contribution >= 4 is 45.3 Å². The molecule has 0 atom stereocenters. The van der Waals surface area contributed by atoms with Gasteiger partial charge in [-0.2, -0.15) is 5.10 Å². The number of anilines is 2. The van der Waals surface area contributed by atoms with Crippen LogP contribution in [0.3, 0.4) is 0 Å². The molecule has 0 radical (unpaired) electrons. The molecule has 4 heterocycles. The molecule has 1 aliphatic heterocycles. The molecule has 1 fully saturated rings. The van der Waals surface area contributed by atoms with E-state index in [0.717, 1.165) is 60.4 Å². The van der Waals surface area contributed by atoms with Gasteiger partial charge in [-0.1, -0.05) is 24.3 Å². The molecule has 2 aromatic carbocycles. The summed E-state index contributed by atoms with van der Waals surface area (Å²) < 4.78 is 7.64. The predicted octanol–water partition coefficient (Wildman–Crippen LogP) is 1.47. The molecular weight excluding hydrogens is 512 g/mol. The maximum atomic E-state index is 13.0. The average Bonchev–Trinajstić information content (AvgIpc) is 3.57. The Bertz CT molecular complexity index is 1650. The first-order chi connectivity index (χ1) is 19.4. The molecule has 3 aromatic heterocycles. The number of aromatic nitrogens is 5. The molecule has 0 unspecified atom stereocenters. The van der Waals surface area contributed by atoms with Crippen LogP contribution >= 0.6 is 0 Å². The van der Waals surface area contributed by atoms with Gasteiger partial charge in [0.2, 0.25) is 0 Å². The van der Waals surface area contributed by atoms with Crippen LogP contribution in [-0.2, 0) is 4.79 Å². The highest BCUT2D eigenvalue weighted by Crippen LogP contribution is 2.36. The van der Waals surface area contributed by atoms with Crippen LogP contribution in [0.15, 0.2) is 54.9 Å². The van der Waals surface area contributed by atoms with E-state index in [1.807, 2.05) is 53.2 Å². The Balaban J connectivity index is 0.000000758. The molecule has 6 rings (SSSR count). The van der Waals surface area contributed by atoms with Crippen LogP contribution in [0.4, 0.5) is 11.5 Å². The predicted molar refractivity (Wildman–Crippen MR) is 149 cm³/mol. The highest BCUT2D eigenvalue weighted by Gasteiger charge is 2.25. The molecule has 5 aromatic rings. The van der Waals surface area contributed by atoms with E-state index in [1.54, 1.807) is 7.11 Å². The number of carboxylic acid groups (broad SMARTS) is 1. The van der Waals surface area contributed by atoms with Gasteiger partial charge in [-0.3, -0.25) is 4.79 Å². The van der Waals surface area contributed by atoms with Gasteiger partial charge in [0.1, 0.15) is 29.3 Å². The normalized spacial score (nSPS) is 13.6. The molecule has 0 bridgehead atoms. The van der Waals surface area contributed by atoms with Crippen molar-refractivity contribution in [1.82, 2.24) is 24.7 Å². The fourth-order valence-corrected chi connectivity index (χ4v) is 4.93. The Morgan fingerprint density at radius 2 is 1.90 bits per heavy atom. The minimum atomic E-state index is -1.08. The molecule has 1 amide bonds.